The van der Waals surface area contributed by atoms with E-state index in [1.165, 1.54) is 12.1 Å². The summed E-state index contributed by atoms with van der Waals surface area (Å²) in [6, 6.07) is 19.0. The maximum absolute atomic E-state index is 13.1. The van der Waals surface area contributed by atoms with Crippen molar-refractivity contribution in [2.75, 3.05) is 27.8 Å². The van der Waals surface area contributed by atoms with Crippen LogP contribution in [0.15, 0.2) is 66.7 Å². The first kappa shape index (κ1) is 22.2. The van der Waals surface area contributed by atoms with E-state index >= 15 is 0 Å². The van der Waals surface area contributed by atoms with Crippen molar-refractivity contribution < 1.29 is 23.4 Å². The number of rotatable bonds is 9. The predicted octanol–water partition coefficient (Wildman–Crippen LogP) is 4.74. The third kappa shape index (κ3) is 5.75. The van der Waals surface area contributed by atoms with Crippen LogP contribution in [-0.2, 0) is 13.0 Å². The van der Waals surface area contributed by atoms with Crippen molar-refractivity contribution in [1.82, 2.24) is 4.90 Å². The Bertz CT molecular complexity index is 1020. The Morgan fingerprint density at radius 3 is 2.26 bits per heavy atom. The monoisotopic (exact) mass is 423 g/mol. The average molecular weight is 423 g/mol. The molecular formula is C25H26FNO4. The van der Waals surface area contributed by atoms with E-state index in [0.29, 0.717) is 35.8 Å². The first-order valence-corrected chi connectivity index (χ1v) is 9.94. The summed E-state index contributed by atoms with van der Waals surface area (Å²) in [6.07, 6.45) is 0.668. The van der Waals surface area contributed by atoms with E-state index in [9.17, 15) is 9.18 Å². The molecule has 6 heteroatoms. The lowest BCUT2D eigenvalue weighted by atomic mass is 10.1. The van der Waals surface area contributed by atoms with Gasteiger partial charge in [-0.25, -0.2) is 4.39 Å². The van der Waals surface area contributed by atoms with Gasteiger partial charge in [0.05, 0.1) is 19.8 Å². The fourth-order valence-corrected chi connectivity index (χ4v) is 3.15. The van der Waals surface area contributed by atoms with E-state index in [0.717, 1.165) is 11.1 Å². The molecule has 5 nitrogen and oxygen atoms in total. The van der Waals surface area contributed by atoms with Crippen molar-refractivity contribution >= 4 is 5.91 Å². The molecule has 162 valence electrons. The molecule has 0 fully saturated rings. The highest BCUT2D eigenvalue weighted by atomic mass is 19.1. The summed E-state index contributed by atoms with van der Waals surface area (Å²) >= 11 is 0. The number of ether oxygens (including phenoxy) is 3. The molecule has 0 radical (unpaired) electrons. The summed E-state index contributed by atoms with van der Waals surface area (Å²) < 4.78 is 29.5. The Kier molecular flexibility index (Phi) is 7.49. The zero-order valence-electron chi connectivity index (χ0n) is 17.9. The van der Waals surface area contributed by atoms with E-state index in [-0.39, 0.29) is 18.3 Å². The summed E-state index contributed by atoms with van der Waals surface area (Å²) in [6.45, 7) is 0.778. The molecule has 31 heavy (non-hydrogen) atoms. The highest BCUT2D eigenvalue weighted by molar-refractivity contribution is 5.96. The highest BCUT2D eigenvalue weighted by Crippen LogP contribution is 2.28. The molecule has 0 atom stereocenters. The lowest BCUT2D eigenvalue weighted by Gasteiger charge is -2.19. The third-order valence-electron chi connectivity index (χ3n) is 4.96. The van der Waals surface area contributed by atoms with Crippen LogP contribution in [0.4, 0.5) is 4.39 Å². The van der Waals surface area contributed by atoms with Crippen LogP contribution >= 0.6 is 0 Å². The molecule has 3 aromatic rings. The van der Waals surface area contributed by atoms with Crippen LogP contribution in [0.5, 0.6) is 17.2 Å². The van der Waals surface area contributed by atoms with Crippen LogP contribution in [0, 0.1) is 5.82 Å². The summed E-state index contributed by atoms with van der Waals surface area (Å²) in [5.41, 5.74) is 2.35. The molecule has 0 aliphatic rings. The van der Waals surface area contributed by atoms with Crippen molar-refractivity contribution in [2.45, 2.75) is 13.0 Å². The molecule has 0 heterocycles. The van der Waals surface area contributed by atoms with Gasteiger partial charge in [-0.1, -0.05) is 30.3 Å². The van der Waals surface area contributed by atoms with Crippen LogP contribution in [0.1, 0.15) is 21.5 Å². The van der Waals surface area contributed by atoms with Gasteiger partial charge in [0.15, 0.2) is 11.5 Å². The molecule has 0 N–H and O–H groups in total. The zero-order valence-corrected chi connectivity index (χ0v) is 17.9. The summed E-state index contributed by atoms with van der Waals surface area (Å²) in [7, 11) is 4.96. The number of methoxy groups -OCH3 is 2. The van der Waals surface area contributed by atoms with Crippen molar-refractivity contribution in [3.8, 4) is 17.2 Å². The molecule has 0 unspecified atom stereocenters. The Hall–Kier alpha value is -3.54. The fraction of sp³-hybridized carbons (Fsp3) is 0.240. The molecule has 0 aliphatic heterocycles. The Morgan fingerprint density at radius 2 is 1.55 bits per heavy atom. The van der Waals surface area contributed by atoms with E-state index in [4.69, 9.17) is 14.2 Å². The number of nitrogens with zero attached hydrogens (tertiary/aromatic N) is 1. The Morgan fingerprint density at radius 1 is 0.871 bits per heavy atom. The number of amides is 1. The minimum absolute atomic E-state index is 0.129. The van der Waals surface area contributed by atoms with Gasteiger partial charge in [-0.2, -0.15) is 0 Å². The van der Waals surface area contributed by atoms with Crippen LogP contribution in [0.3, 0.4) is 0 Å². The maximum atomic E-state index is 13.1. The van der Waals surface area contributed by atoms with Crippen molar-refractivity contribution in [1.29, 1.82) is 0 Å². The molecule has 0 bridgehead atoms. The van der Waals surface area contributed by atoms with Gasteiger partial charge in [0, 0.05) is 13.6 Å². The molecule has 0 saturated carbocycles. The normalized spacial score (nSPS) is 10.5. The Labute approximate surface area is 182 Å². The van der Waals surface area contributed by atoms with Crippen molar-refractivity contribution in [2.24, 2.45) is 0 Å². The van der Waals surface area contributed by atoms with Gasteiger partial charge in [-0.05, 0) is 53.9 Å². The second-order valence-corrected chi connectivity index (χ2v) is 7.08. The number of likely N-dealkylation sites (N-methyl/N-ethyl adjacent to an activating group) is 1. The number of hydrogen-bond donors (Lipinski definition) is 0. The first-order valence-electron chi connectivity index (χ1n) is 9.94. The topological polar surface area (TPSA) is 48.0 Å². The van der Waals surface area contributed by atoms with E-state index in [2.05, 4.69) is 0 Å². The third-order valence-corrected chi connectivity index (χ3v) is 4.96. The maximum Gasteiger partial charge on any atom is 0.257 e. The minimum atomic E-state index is -0.296. The quantitative estimate of drug-likeness (QED) is 0.499. The molecule has 0 aliphatic carbocycles. The summed E-state index contributed by atoms with van der Waals surface area (Å²) in [5.74, 6) is 1.40. The van der Waals surface area contributed by atoms with Crippen LogP contribution in [-0.4, -0.2) is 38.6 Å². The number of carbonyl (C=O) groups excluding carboxylic acids is 1. The van der Waals surface area contributed by atoms with Gasteiger partial charge in [-0.15, -0.1) is 0 Å². The molecule has 1 amide bonds. The van der Waals surface area contributed by atoms with Crippen LogP contribution < -0.4 is 14.2 Å². The molecule has 0 spiro atoms. The average Bonchev–Trinajstić information content (AvgIpc) is 2.81. The summed E-state index contributed by atoms with van der Waals surface area (Å²) in [5, 5.41) is 0. The molecule has 3 aromatic carbocycles. The summed E-state index contributed by atoms with van der Waals surface area (Å²) in [4.78, 5) is 14.7. The smallest absolute Gasteiger partial charge is 0.257 e. The van der Waals surface area contributed by atoms with E-state index in [1.807, 2.05) is 24.3 Å². The number of carbonyl (C=O) groups is 1. The predicted molar refractivity (Wildman–Crippen MR) is 117 cm³/mol. The van der Waals surface area contributed by atoms with Gasteiger partial charge in [0.25, 0.3) is 5.91 Å². The number of para-hydroxylation sites is 1. The molecule has 3 rings (SSSR count). The molecule has 0 saturated heterocycles. The fourth-order valence-electron chi connectivity index (χ4n) is 3.15. The number of benzene rings is 3. The molecule has 0 aromatic heterocycles. The zero-order chi connectivity index (χ0) is 22.2. The van der Waals surface area contributed by atoms with Gasteiger partial charge >= 0.3 is 0 Å². The van der Waals surface area contributed by atoms with Crippen LogP contribution in [0.2, 0.25) is 0 Å². The van der Waals surface area contributed by atoms with E-state index in [1.54, 1.807) is 56.5 Å². The van der Waals surface area contributed by atoms with Gasteiger partial charge in [-0.3, -0.25) is 4.79 Å². The Balaban J connectivity index is 1.64. The minimum Gasteiger partial charge on any atom is -0.493 e. The second kappa shape index (κ2) is 10.5. The lowest BCUT2D eigenvalue weighted by Crippen LogP contribution is -2.29. The standard InChI is InChI=1S/C25H26FNO4/c1-27(15-14-18-10-13-23(29-2)24(16-18)30-3)25(28)21-6-4-5-7-22(21)31-17-19-8-11-20(26)12-9-19/h4-13,16H,14-15,17H2,1-3H3. The van der Waals surface area contributed by atoms with Crippen LogP contribution in [0.25, 0.3) is 0 Å². The van der Waals surface area contributed by atoms with E-state index < -0.39 is 0 Å². The van der Waals surface area contributed by atoms with Gasteiger partial charge in [0.2, 0.25) is 0 Å². The van der Waals surface area contributed by atoms with Crippen molar-refractivity contribution in [3.63, 3.8) is 0 Å². The largest absolute Gasteiger partial charge is 0.493 e. The highest BCUT2D eigenvalue weighted by Gasteiger charge is 2.17. The first-order chi connectivity index (χ1) is 15.0. The number of hydrogen-bond acceptors (Lipinski definition) is 4. The lowest BCUT2D eigenvalue weighted by molar-refractivity contribution is 0.0791. The number of halogens is 1. The second-order valence-electron chi connectivity index (χ2n) is 7.08. The van der Waals surface area contributed by atoms with Crippen molar-refractivity contribution in [3.05, 3.63) is 89.2 Å². The SMILES string of the molecule is COc1ccc(CCN(C)C(=O)c2ccccc2OCc2ccc(F)cc2)cc1OC. The van der Waals surface area contributed by atoms with Gasteiger partial charge < -0.3 is 19.1 Å². The molecular weight excluding hydrogens is 397 g/mol. The van der Waals surface area contributed by atoms with Gasteiger partial charge in [0.1, 0.15) is 18.2 Å².